The van der Waals surface area contributed by atoms with Gasteiger partial charge in [0.15, 0.2) is 0 Å². The van der Waals surface area contributed by atoms with Crippen LogP contribution in [-0.4, -0.2) is 51.6 Å². The van der Waals surface area contributed by atoms with Crippen LogP contribution in [0.3, 0.4) is 0 Å². The van der Waals surface area contributed by atoms with Crippen LogP contribution in [0.5, 0.6) is 0 Å². The van der Waals surface area contributed by atoms with Crippen LogP contribution in [0, 0.1) is 0 Å². The van der Waals surface area contributed by atoms with E-state index in [4.69, 9.17) is 7.56 Å². The summed E-state index contributed by atoms with van der Waals surface area (Å²) >= 11 is -5.55. The van der Waals surface area contributed by atoms with Gasteiger partial charge in [0, 0.05) is 0 Å². The SMILES string of the molecule is CCCCCC[O][Sn]([CH3])([CH3])[O][Sn]([CH3])([CH3])[O]CCCCCC. The normalized spacial score (nSPS) is 12.9. The topological polar surface area (TPSA) is 27.7 Å². The second-order valence-corrected chi connectivity index (χ2v) is 28.8. The van der Waals surface area contributed by atoms with Crippen LogP contribution in [-0.2, 0) is 7.56 Å². The van der Waals surface area contributed by atoms with Crippen molar-refractivity contribution < 1.29 is 7.56 Å². The van der Waals surface area contributed by atoms with Crippen molar-refractivity contribution in [1.82, 2.24) is 0 Å². The van der Waals surface area contributed by atoms with Crippen molar-refractivity contribution in [2.24, 2.45) is 0 Å². The quantitative estimate of drug-likeness (QED) is 0.223. The minimum absolute atomic E-state index is 0.877. The maximum absolute atomic E-state index is 6.41. The molecule has 0 N–H and O–H groups in total. The molecule has 0 aromatic heterocycles. The van der Waals surface area contributed by atoms with Gasteiger partial charge in [-0.2, -0.15) is 0 Å². The van der Waals surface area contributed by atoms with Crippen LogP contribution >= 0.6 is 0 Å². The summed E-state index contributed by atoms with van der Waals surface area (Å²) in [5.41, 5.74) is 0. The molecule has 0 saturated carbocycles. The molecule has 0 bridgehead atoms. The molecule has 0 saturated heterocycles. The van der Waals surface area contributed by atoms with Crippen LogP contribution in [0.1, 0.15) is 65.2 Å². The Bertz CT molecular complexity index is 222. The fourth-order valence-electron chi connectivity index (χ4n) is 2.34. The molecule has 0 aliphatic heterocycles. The first-order valence-corrected chi connectivity index (χ1v) is 24.9. The Labute approximate surface area is 143 Å². The van der Waals surface area contributed by atoms with Crippen molar-refractivity contribution in [3.05, 3.63) is 0 Å². The summed E-state index contributed by atoms with van der Waals surface area (Å²) in [5, 5.41) is 0. The molecular formula is C16H38O3Sn2. The van der Waals surface area contributed by atoms with Gasteiger partial charge in [0.2, 0.25) is 0 Å². The van der Waals surface area contributed by atoms with Crippen molar-refractivity contribution in [3.63, 3.8) is 0 Å². The van der Waals surface area contributed by atoms with Crippen molar-refractivity contribution in [2.45, 2.75) is 85.0 Å². The summed E-state index contributed by atoms with van der Waals surface area (Å²) in [6.07, 6.45) is 10.1. The van der Waals surface area contributed by atoms with Gasteiger partial charge in [-0.15, -0.1) is 0 Å². The molecule has 0 aliphatic carbocycles. The first-order valence-electron chi connectivity index (χ1n) is 8.81. The third kappa shape index (κ3) is 14.8. The summed E-state index contributed by atoms with van der Waals surface area (Å²) in [6.45, 7) is 6.23. The molecule has 0 heterocycles. The Morgan fingerprint density at radius 3 is 1.29 bits per heavy atom. The molecule has 3 nitrogen and oxygen atoms in total. The number of hydrogen-bond acceptors (Lipinski definition) is 3. The molecule has 0 spiro atoms. The summed E-state index contributed by atoms with van der Waals surface area (Å²) in [7, 11) is 0. The Hall–Kier alpha value is 1.48. The van der Waals surface area contributed by atoms with Crippen molar-refractivity contribution in [3.8, 4) is 0 Å². The molecule has 0 aromatic carbocycles. The molecule has 21 heavy (non-hydrogen) atoms. The second kappa shape index (κ2) is 12.8. The summed E-state index contributed by atoms with van der Waals surface area (Å²) < 4.78 is 18.6. The van der Waals surface area contributed by atoms with Gasteiger partial charge >= 0.3 is 144 Å². The predicted octanol–water partition coefficient (Wildman–Crippen LogP) is 5.60. The van der Waals surface area contributed by atoms with Gasteiger partial charge in [-0.05, 0) is 0 Å². The average Bonchev–Trinajstić information content (AvgIpc) is 2.36. The summed E-state index contributed by atoms with van der Waals surface area (Å²) in [6, 6.07) is 0. The van der Waals surface area contributed by atoms with E-state index in [1.807, 2.05) is 0 Å². The number of unbranched alkanes of at least 4 members (excludes halogenated alkanes) is 6. The van der Waals surface area contributed by atoms with Crippen molar-refractivity contribution in [2.75, 3.05) is 13.2 Å². The Morgan fingerprint density at radius 2 is 0.952 bits per heavy atom. The second-order valence-electron chi connectivity index (χ2n) is 6.72. The molecule has 0 aliphatic rings. The number of hydrogen-bond donors (Lipinski definition) is 0. The number of rotatable bonds is 14. The Morgan fingerprint density at radius 1 is 0.571 bits per heavy atom. The van der Waals surface area contributed by atoms with Crippen LogP contribution in [0.2, 0.25) is 19.8 Å². The third-order valence-corrected chi connectivity index (χ3v) is 30.1. The van der Waals surface area contributed by atoms with Gasteiger partial charge in [0.25, 0.3) is 0 Å². The monoisotopic (exact) mass is 518 g/mol. The summed E-state index contributed by atoms with van der Waals surface area (Å²) in [5.74, 6) is 0. The standard InChI is InChI=1S/2C6H13O.4CH3.O.2Sn/c2*1-2-3-4-5-6-7;;;;;;;/h2*2-6H2,1H3;4*1H3;;;/q2*-1;;;;;;2*+1. The van der Waals surface area contributed by atoms with Gasteiger partial charge in [0.1, 0.15) is 0 Å². The van der Waals surface area contributed by atoms with E-state index in [-0.39, 0.29) is 0 Å². The average molecular weight is 516 g/mol. The zero-order chi connectivity index (χ0) is 16.2. The van der Waals surface area contributed by atoms with Gasteiger partial charge in [-0.3, -0.25) is 0 Å². The third-order valence-electron chi connectivity index (χ3n) is 3.39. The fraction of sp³-hybridized carbons (Fsp3) is 1.00. The maximum atomic E-state index is 6.41. The van der Waals surface area contributed by atoms with E-state index in [1.54, 1.807) is 0 Å². The fourth-order valence-corrected chi connectivity index (χ4v) is 34.6. The van der Waals surface area contributed by atoms with Crippen molar-refractivity contribution >= 4 is 38.4 Å². The van der Waals surface area contributed by atoms with Gasteiger partial charge in [-0.1, -0.05) is 0 Å². The minimum atomic E-state index is -2.77. The first-order chi connectivity index (χ1) is 9.83. The van der Waals surface area contributed by atoms with Gasteiger partial charge in [-0.25, -0.2) is 0 Å². The van der Waals surface area contributed by atoms with Crippen LogP contribution < -0.4 is 0 Å². The Balaban J connectivity index is 3.87. The summed E-state index contributed by atoms with van der Waals surface area (Å²) in [4.78, 5) is 8.92. The van der Waals surface area contributed by atoms with Gasteiger partial charge in [0.05, 0.1) is 0 Å². The van der Waals surface area contributed by atoms with E-state index in [2.05, 4.69) is 33.6 Å². The molecule has 0 amide bonds. The van der Waals surface area contributed by atoms with E-state index in [0.29, 0.717) is 0 Å². The molecule has 0 radical (unpaired) electrons. The first kappa shape index (κ1) is 22.5. The molecule has 0 fully saturated rings. The van der Waals surface area contributed by atoms with E-state index in [9.17, 15) is 0 Å². The molecule has 128 valence electrons. The zero-order valence-electron chi connectivity index (χ0n) is 15.3. The van der Waals surface area contributed by atoms with E-state index < -0.39 is 38.4 Å². The molecule has 5 heteroatoms. The van der Waals surface area contributed by atoms with E-state index in [1.165, 1.54) is 51.4 Å². The van der Waals surface area contributed by atoms with Crippen LogP contribution in [0.25, 0.3) is 0 Å². The van der Waals surface area contributed by atoms with Crippen molar-refractivity contribution in [1.29, 1.82) is 0 Å². The zero-order valence-corrected chi connectivity index (χ0v) is 21.0. The molecule has 0 unspecified atom stereocenters. The van der Waals surface area contributed by atoms with Crippen LogP contribution in [0.4, 0.5) is 0 Å². The Kier molecular flexibility index (Phi) is 13.8. The molecule has 0 rings (SSSR count). The van der Waals surface area contributed by atoms with E-state index >= 15 is 0 Å². The van der Waals surface area contributed by atoms with Gasteiger partial charge < -0.3 is 0 Å². The van der Waals surface area contributed by atoms with E-state index in [0.717, 1.165) is 13.2 Å². The molecule has 0 atom stereocenters. The molecule has 0 aromatic rings. The van der Waals surface area contributed by atoms with Crippen LogP contribution in [0.15, 0.2) is 0 Å². The predicted molar refractivity (Wildman–Crippen MR) is 96.2 cm³/mol. The molecular weight excluding hydrogens is 478 g/mol.